The van der Waals surface area contributed by atoms with Gasteiger partial charge in [0, 0.05) is 27.1 Å². The second-order valence-electron chi connectivity index (χ2n) is 2.44. The van der Waals surface area contributed by atoms with Crippen molar-refractivity contribution in [1.82, 2.24) is 4.98 Å². The van der Waals surface area contributed by atoms with Crippen molar-refractivity contribution in [2.75, 3.05) is 0 Å². The number of hydrogen-bond donors (Lipinski definition) is 0. The fourth-order valence-corrected chi connectivity index (χ4v) is 2.04. The number of carbonyl (C=O) groups excluding carboxylic acids is 1. The number of carbonyl (C=O) groups is 1. The van der Waals surface area contributed by atoms with Gasteiger partial charge >= 0.3 is 0 Å². The molecule has 0 aliphatic carbocycles. The van der Waals surface area contributed by atoms with Gasteiger partial charge in [0.25, 0.3) is 6.43 Å². The van der Waals surface area contributed by atoms with Gasteiger partial charge in [-0.1, -0.05) is 15.9 Å². The van der Waals surface area contributed by atoms with Gasteiger partial charge in [0.1, 0.15) is 5.69 Å². The summed E-state index contributed by atoms with van der Waals surface area (Å²) in [7, 11) is 0. The van der Waals surface area contributed by atoms with Crippen molar-refractivity contribution >= 4 is 38.1 Å². The molecule has 0 atom stereocenters. The van der Waals surface area contributed by atoms with E-state index in [1.54, 1.807) is 0 Å². The Bertz CT molecular complexity index is 357. The normalized spacial score (nSPS) is 10.6. The summed E-state index contributed by atoms with van der Waals surface area (Å²) in [5, 5.41) is 0.174. The van der Waals surface area contributed by atoms with Crippen LogP contribution in [0.1, 0.15) is 28.0 Å². The van der Waals surface area contributed by atoms with E-state index < -0.39 is 6.43 Å². The van der Waals surface area contributed by atoms with E-state index in [1.807, 2.05) is 0 Å². The predicted molar refractivity (Wildman–Crippen MR) is 54.9 cm³/mol. The maximum absolute atomic E-state index is 12.4. The minimum Gasteiger partial charge on any atom is -0.298 e. The van der Waals surface area contributed by atoms with Crippen molar-refractivity contribution in [2.45, 2.75) is 11.8 Å². The highest BCUT2D eigenvalue weighted by atomic mass is 79.9. The topological polar surface area (TPSA) is 30.0 Å². The maximum Gasteiger partial charge on any atom is 0.280 e. The zero-order chi connectivity index (χ0) is 10.7. The van der Waals surface area contributed by atoms with E-state index in [1.165, 1.54) is 6.20 Å². The highest BCUT2D eigenvalue weighted by Crippen LogP contribution is 2.28. The average Bonchev–Trinajstić information content (AvgIpc) is 2.16. The molecule has 2 nitrogen and oxygen atoms in total. The number of halogens is 4. The Morgan fingerprint density at radius 2 is 2.21 bits per heavy atom. The lowest BCUT2D eigenvalue weighted by molar-refractivity contribution is 0.112. The van der Waals surface area contributed by atoms with Crippen LogP contribution in [0, 0.1) is 0 Å². The van der Waals surface area contributed by atoms with E-state index in [0.717, 1.165) is 0 Å². The number of pyridine rings is 1. The molecule has 0 N–H and O–H groups in total. The molecule has 0 saturated carbocycles. The van der Waals surface area contributed by atoms with Crippen LogP contribution in [0.3, 0.4) is 0 Å². The summed E-state index contributed by atoms with van der Waals surface area (Å²) in [5.41, 5.74) is 0.0868. The largest absolute Gasteiger partial charge is 0.298 e. The third kappa shape index (κ3) is 2.17. The van der Waals surface area contributed by atoms with E-state index in [-0.39, 0.29) is 22.2 Å². The van der Waals surface area contributed by atoms with Crippen LogP contribution in [-0.4, -0.2) is 11.3 Å². The number of nitrogens with zero attached hydrogens (tertiary/aromatic N) is 1. The molecule has 1 rings (SSSR count). The van der Waals surface area contributed by atoms with E-state index in [9.17, 15) is 13.6 Å². The van der Waals surface area contributed by atoms with Crippen LogP contribution in [0.15, 0.2) is 10.7 Å². The number of alkyl halides is 3. The summed E-state index contributed by atoms with van der Waals surface area (Å²) >= 11 is 6.12. The molecule has 0 amide bonds. The van der Waals surface area contributed by atoms with Crippen molar-refractivity contribution < 1.29 is 13.6 Å². The second kappa shape index (κ2) is 4.93. The fourth-order valence-electron chi connectivity index (χ4n) is 1.01. The molecule has 14 heavy (non-hydrogen) atoms. The fraction of sp³-hybridized carbons (Fsp3) is 0.250. The third-order valence-corrected chi connectivity index (χ3v) is 2.86. The summed E-state index contributed by atoms with van der Waals surface area (Å²) in [5.74, 6) is 0. The van der Waals surface area contributed by atoms with E-state index >= 15 is 0 Å². The van der Waals surface area contributed by atoms with Crippen molar-refractivity contribution in [3.8, 4) is 0 Å². The van der Waals surface area contributed by atoms with Crippen molar-refractivity contribution in [1.29, 1.82) is 0 Å². The lowest BCUT2D eigenvalue weighted by Crippen LogP contribution is -2.02. The third-order valence-electron chi connectivity index (χ3n) is 1.67. The van der Waals surface area contributed by atoms with Crippen LogP contribution in [0.4, 0.5) is 8.78 Å². The van der Waals surface area contributed by atoms with Gasteiger partial charge in [0.15, 0.2) is 6.29 Å². The quantitative estimate of drug-likeness (QED) is 0.628. The van der Waals surface area contributed by atoms with Gasteiger partial charge in [-0.15, -0.1) is 0 Å². The highest BCUT2D eigenvalue weighted by Gasteiger charge is 2.18. The van der Waals surface area contributed by atoms with E-state index in [2.05, 4.69) is 36.8 Å². The number of hydrogen-bond acceptors (Lipinski definition) is 2. The second-order valence-corrected chi connectivity index (χ2v) is 3.85. The Labute approximate surface area is 96.0 Å². The first kappa shape index (κ1) is 11.7. The van der Waals surface area contributed by atoms with Gasteiger partial charge in [-0.25, -0.2) is 8.78 Å². The zero-order valence-electron chi connectivity index (χ0n) is 6.81. The molecule has 0 fully saturated rings. The monoisotopic (exact) mass is 327 g/mol. The molecule has 0 aliphatic heterocycles. The molecule has 76 valence electrons. The van der Waals surface area contributed by atoms with Crippen LogP contribution in [0.5, 0.6) is 0 Å². The molecule has 0 aromatic carbocycles. The first-order chi connectivity index (χ1) is 6.61. The van der Waals surface area contributed by atoms with E-state index in [0.29, 0.717) is 10.8 Å². The highest BCUT2D eigenvalue weighted by molar-refractivity contribution is 9.10. The Kier molecular flexibility index (Phi) is 4.12. The van der Waals surface area contributed by atoms with Crippen molar-refractivity contribution in [3.63, 3.8) is 0 Å². The molecule has 1 heterocycles. The molecule has 0 radical (unpaired) electrons. The Balaban J connectivity index is 3.40. The summed E-state index contributed by atoms with van der Waals surface area (Å²) in [6, 6.07) is 0. The number of aldehydes is 1. The van der Waals surface area contributed by atoms with E-state index in [4.69, 9.17) is 0 Å². The van der Waals surface area contributed by atoms with Gasteiger partial charge in [0.05, 0.1) is 0 Å². The Morgan fingerprint density at radius 3 is 2.64 bits per heavy atom. The van der Waals surface area contributed by atoms with Crippen molar-refractivity contribution in [3.05, 3.63) is 27.5 Å². The zero-order valence-corrected chi connectivity index (χ0v) is 9.98. The standard InChI is InChI=1S/C8H5Br2F2NO/c9-1-4-5(3-14)6(10)2-13-7(4)8(11)12/h2-3,8H,1H2. The molecule has 0 bridgehead atoms. The van der Waals surface area contributed by atoms with Crippen LogP contribution < -0.4 is 0 Å². The number of rotatable bonds is 3. The maximum atomic E-state index is 12.4. The smallest absolute Gasteiger partial charge is 0.280 e. The summed E-state index contributed by atoms with van der Waals surface area (Å²) < 4.78 is 25.3. The minimum absolute atomic E-state index is 0.174. The molecule has 0 unspecified atom stereocenters. The number of aromatic nitrogens is 1. The molecule has 1 aromatic heterocycles. The summed E-state index contributed by atoms with van der Waals surface area (Å²) in [6.07, 6.45) is -0.930. The average molecular weight is 329 g/mol. The van der Waals surface area contributed by atoms with Crippen LogP contribution in [-0.2, 0) is 5.33 Å². The molecule has 0 aliphatic rings. The lowest BCUT2D eigenvalue weighted by Gasteiger charge is -2.08. The first-order valence-corrected chi connectivity index (χ1v) is 5.49. The molecule has 6 heteroatoms. The van der Waals surface area contributed by atoms with Crippen LogP contribution in [0.25, 0.3) is 0 Å². The summed E-state index contributed by atoms with van der Waals surface area (Å²) in [6.45, 7) is 0. The molecular weight excluding hydrogens is 324 g/mol. The van der Waals surface area contributed by atoms with Gasteiger partial charge < -0.3 is 0 Å². The van der Waals surface area contributed by atoms with Gasteiger partial charge in [-0.2, -0.15) is 0 Å². The molecule has 0 saturated heterocycles. The lowest BCUT2D eigenvalue weighted by atomic mass is 10.1. The molecular formula is C8H5Br2F2NO. The first-order valence-electron chi connectivity index (χ1n) is 3.58. The Morgan fingerprint density at radius 1 is 1.57 bits per heavy atom. The molecule has 0 spiro atoms. The van der Waals surface area contributed by atoms with Gasteiger partial charge in [-0.05, 0) is 15.9 Å². The minimum atomic E-state index is -2.67. The predicted octanol–water partition coefficient (Wildman–Crippen LogP) is 3.49. The van der Waals surface area contributed by atoms with Crippen LogP contribution >= 0.6 is 31.9 Å². The van der Waals surface area contributed by atoms with Gasteiger partial charge in [-0.3, -0.25) is 9.78 Å². The Hall–Kier alpha value is -0.360. The van der Waals surface area contributed by atoms with Crippen LogP contribution in [0.2, 0.25) is 0 Å². The summed E-state index contributed by atoms with van der Waals surface area (Å²) in [4.78, 5) is 14.2. The van der Waals surface area contributed by atoms with Gasteiger partial charge in [0.2, 0.25) is 0 Å². The SMILES string of the molecule is O=Cc1c(Br)cnc(C(F)F)c1CBr. The molecule has 1 aromatic rings. The van der Waals surface area contributed by atoms with Crippen molar-refractivity contribution in [2.24, 2.45) is 0 Å².